The quantitative estimate of drug-likeness (QED) is 0.677. The number of carbonyl (C=O) groups excluding carboxylic acids is 1. The van der Waals surface area contributed by atoms with E-state index in [4.69, 9.17) is 0 Å². The van der Waals surface area contributed by atoms with Crippen molar-refractivity contribution in [3.63, 3.8) is 0 Å². The van der Waals surface area contributed by atoms with Crippen LogP contribution in [0.3, 0.4) is 0 Å². The van der Waals surface area contributed by atoms with E-state index >= 15 is 0 Å². The minimum absolute atomic E-state index is 0.0862. The largest absolute Gasteiger partial charge is 0.345 e. The van der Waals surface area contributed by atoms with Crippen LogP contribution in [0, 0.1) is 10.1 Å². The number of amides is 1. The lowest BCUT2D eigenvalue weighted by Crippen LogP contribution is -2.27. The lowest BCUT2D eigenvalue weighted by Gasteiger charge is -2.19. The Labute approximate surface area is 128 Å². The Balaban J connectivity index is 2.56. The van der Waals surface area contributed by atoms with Gasteiger partial charge in [-0.05, 0) is 26.8 Å². The highest BCUT2D eigenvalue weighted by molar-refractivity contribution is 7.94. The molecule has 1 aromatic heterocycles. The summed E-state index contributed by atoms with van der Waals surface area (Å²) >= 11 is 0. The average molecular weight is 323 g/mol. The molecule has 1 N–H and O–H groups in total. The number of benzene rings is 1. The number of nitro groups is 1. The van der Waals surface area contributed by atoms with Crippen LogP contribution in [0.25, 0.3) is 10.9 Å². The summed E-state index contributed by atoms with van der Waals surface area (Å²) in [6.45, 7) is 5.21. The van der Waals surface area contributed by atoms with Crippen molar-refractivity contribution in [1.82, 2.24) is 4.98 Å². The number of rotatable bonds is 2. The maximum Gasteiger partial charge on any atom is 0.301 e. The Hall–Kier alpha value is -2.22. The van der Waals surface area contributed by atoms with Gasteiger partial charge in [0.05, 0.1) is 14.7 Å². The number of non-ortho nitro benzene ring substituents is 1. The van der Waals surface area contributed by atoms with E-state index in [1.165, 1.54) is 24.5 Å². The Morgan fingerprint density at radius 3 is 2.55 bits per heavy atom. The summed E-state index contributed by atoms with van der Waals surface area (Å²) in [6, 6.07) is 6.02. The summed E-state index contributed by atoms with van der Waals surface area (Å²) in [5.41, 5.74) is 0.220. The van der Waals surface area contributed by atoms with Gasteiger partial charge in [0.1, 0.15) is 11.2 Å². The predicted molar refractivity (Wildman–Crippen MR) is 85.5 cm³/mol. The van der Waals surface area contributed by atoms with Gasteiger partial charge in [0.25, 0.3) is 5.69 Å². The first kappa shape index (κ1) is 16.2. The van der Waals surface area contributed by atoms with E-state index in [1.807, 2.05) is 0 Å². The van der Waals surface area contributed by atoms with Crippen molar-refractivity contribution >= 4 is 32.2 Å². The number of fused-ring (bicyclic) bond motifs is 1. The lowest BCUT2D eigenvalue weighted by molar-refractivity contribution is -0.383. The third kappa shape index (κ3) is 2.87. The van der Waals surface area contributed by atoms with Crippen LogP contribution in [0.15, 0.2) is 28.6 Å². The van der Waals surface area contributed by atoms with Crippen molar-refractivity contribution in [2.24, 2.45) is 4.36 Å². The molecule has 0 radical (unpaired) electrons. The normalized spacial score (nSPS) is 14.5. The minimum Gasteiger partial charge on any atom is -0.345 e. The highest BCUT2D eigenvalue weighted by Gasteiger charge is 2.24. The molecule has 2 aromatic rings. The molecule has 7 nitrogen and oxygen atoms in total. The number of hydrogen-bond acceptors (Lipinski definition) is 4. The molecule has 8 heteroatoms. The summed E-state index contributed by atoms with van der Waals surface area (Å²) in [7, 11) is -2.74. The SMILES string of the molecule is CC(C)(C)S(C)(=O)=NC(=O)c1cc2cccc([N+](=O)[O-])c2[nH]1. The van der Waals surface area contributed by atoms with Gasteiger partial charge in [-0.15, -0.1) is 0 Å². The molecule has 0 aliphatic carbocycles. The number of nitro benzene ring substituents is 1. The summed E-state index contributed by atoms with van der Waals surface area (Å²) in [4.78, 5) is 25.4. The Kier molecular flexibility index (Phi) is 3.82. The lowest BCUT2D eigenvalue weighted by atomic mass is 10.2. The molecule has 0 bridgehead atoms. The van der Waals surface area contributed by atoms with Gasteiger partial charge >= 0.3 is 5.91 Å². The molecular formula is C14H17N3O4S. The number of carbonyl (C=O) groups is 1. The molecule has 2 rings (SSSR count). The zero-order valence-corrected chi connectivity index (χ0v) is 13.6. The number of hydrogen-bond donors (Lipinski definition) is 1. The second-order valence-electron chi connectivity index (χ2n) is 5.99. The molecule has 1 aromatic carbocycles. The molecule has 1 heterocycles. The maximum absolute atomic E-state index is 12.5. The maximum atomic E-state index is 12.5. The number of nitrogens with zero attached hydrogens (tertiary/aromatic N) is 2. The first-order chi connectivity index (χ1) is 10.0. The van der Waals surface area contributed by atoms with Gasteiger partial charge in [0, 0.05) is 22.5 Å². The van der Waals surface area contributed by atoms with E-state index in [2.05, 4.69) is 9.35 Å². The van der Waals surface area contributed by atoms with Crippen molar-refractivity contribution in [2.75, 3.05) is 6.26 Å². The van der Waals surface area contributed by atoms with Crippen molar-refractivity contribution < 1.29 is 13.9 Å². The Bertz CT molecular complexity index is 883. The molecule has 0 spiro atoms. The van der Waals surface area contributed by atoms with Gasteiger partial charge in [0.15, 0.2) is 0 Å². The van der Waals surface area contributed by atoms with Gasteiger partial charge in [-0.2, -0.15) is 4.36 Å². The van der Waals surface area contributed by atoms with Crippen LogP contribution in [0.5, 0.6) is 0 Å². The number of para-hydroxylation sites is 1. The Morgan fingerprint density at radius 1 is 1.36 bits per heavy atom. The second kappa shape index (κ2) is 5.20. The van der Waals surface area contributed by atoms with Crippen LogP contribution in [-0.2, 0) is 9.73 Å². The van der Waals surface area contributed by atoms with Gasteiger partial charge in [-0.3, -0.25) is 14.9 Å². The standard InChI is InChI=1S/C14H17N3O4S/c1-14(2,3)22(4,21)16-13(18)10-8-9-6-5-7-11(17(19)20)12(9)15-10/h5-8,15H,1-4H3. The van der Waals surface area contributed by atoms with Crippen LogP contribution in [0.1, 0.15) is 31.3 Å². The van der Waals surface area contributed by atoms with Crippen molar-refractivity contribution in [1.29, 1.82) is 0 Å². The number of H-pyrrole nitrogens is 1. The highest BCUT2D eigenvalue weighted by atomic mass is 32.2. The van der Waals surface area contributed by atoms with E-state index in [1.54, 1.807) is 26.8 Å². The van der Waals surface area contributed by atoms with Crippen LogP contribution in [0.2, 0.25) is 0 Å². The first-order valence-corrected chi connectivity index (χ1v) is 8.47. The van der Waals surface area contributed by atoms with Crippen molar-refractivity contribution in [2.45, 2.75) is 25.5 Å². The monoisotopic (exact) mass is 323 g/mol. The molecule has 0 aliphatic rings. The van der Waals surface area contributed by atoms with Crippen LogP contribution in [0.4, 0.5) is 5.69 Å². The summed E-state index contributed by atoms with van der Waals surface area (Å²) < 4.78 is 15.6. The molecule has 118 valence electrons. The minimum atomic E-state index is -2.74. The van der Waals surface area contributed by atoms with E-state index in [0.29, 0.717) is 5.39 Å². The fourth-order valence-corrected chi connectivity index (χ4v) is 2.44. The van der Waals surface area contributed by atoms with Gasteiger partial charge in [-0.1, -0.05) is 12.1 Å². The fraction of sp³-hybridized carbons (Fsp3) is 0.357. The van der Waals surface area contributed by atoms with Crippen LogP contribution >= 0.6 is 0 Å². The summed E-state index contributed by atoms with van der Waals surface area (Å²) in [5, 5.41) is 11.5. The van der Waals surface area contributed by atoms with E-state index in [0.717, 1.165) is 0 Å². The van der Waals surface area contributed by atoms with Gasteiger partial charge in [0.2, 0.25) is 0 Å². The molecule has 0 aliphatic heterocycles. The average Bonchev–Trinajstić information content (AvgIpc) is 2.80. The third-order valence-corrected chi connectivity index (χ3v) is 6.24. The zero-order valence-electron chi connectivity index (χ0n) is 12.7. The zero-order chi connectivity index (χ0) is 16.7. The predicted octanol–water partition coefficient (Wildman–Crippen LogP) is 3.11. The smallest absolute Gasteiger partial charge is 0.301 e. The highest BCUT2D eigenvalue weighted by Crippen LogP contribution is 2.26. The molecule has 22 heavy (non-hydrogen) atoms. The third-order valence-electron chi connectivity index (χ3n) is 3.45. The molecule has 0 saturated carbocycles. The van der Waals surface area contributed by atoms with Crippen LogP contribution in [-0.4, -0.2) is 31.0 Å². The summed E-state index contributed by atoms with van der Waals surface area (Å²) in [5.74, 6) is -0.673. The van der Waals surface area contributed by atoms with Gasteiger partial charge in [-0.25, -0.2) is 4.21 Å². The fourth-order valence-electron chi connectivity index (χ4n) is 1.75. The van der Waals surface area contributed by atoms with E-state index in [-0.39, 0.29) is 16.9 Å². The molecule has 1 unspecified atom stereocenters. The van der Waals surface area contributed by atoms with E-state index in [9.17, 15) is 19.1 Å². The van der Waals surface area contributed by atoms with E-state index < -0.39 is 25.3 Å². The number of aromatic amines is 1. The number of nitrogens with one attached hydrogen (secondary N) is 1. The molecule has 1 atom stereocenters. The number of aromatic nitrogens is 1. The molecule has 1 amide bonds. The first-order valence-electron chi connectivity index (χ1n) is 6.55. The molecule has 0 fully saturated rings. The van der Waals surface area contributed by atoms with Crippen LogP contribution < -0.4 is 0 Å². The Morgan fingerprint density at radius 2 is 2.00 bits per heavy atom. The molecule has 0 saturated heterocycles. The van der Waals surface area contributed by atoms with Crippen molar-refractivity contribution in [3.05, 3.63) is 40.1 Å². The summed E-state index contributed by atoms with van der Waals surface area (Å²) in [6.07, 6.45) is 1.43. The van der Waals surface area contributed by atoms with Crippen molar-refractivity contribution in [3.8, 4) is 0 Å². The topological polar surface area (TPSA) is 105 Å². The molecular weight excluding hydrogens is 306 g/mol. The van der Waals surface area contributed by atoms with Gasteiger partial charge < -0.3 is 4.98 Å². The second-order valence-corrected chi connectivity index (χ2v) is 9.01.